The van der Waals surface area contributed by atoms with Gasteiger partial charge in [0.15, 0.2) is 0 Å². The molecule has 39 heavy (non-hydrogen) atoms. The van der Waals surface area contributed by atoms with Crippen molar-refractivity contribution in [2.45, 2.75) is 0 Å². The first-order chi connectivity index (χ1) is 19.3. The number of nitrogens with zero attached hydrogens (tertiary/aromatic N) is 1. The van der Waals surface area contributed by atoms with E-state index in [-0.39, 0.29) is 0 Å². The highest BCUT2D eigenvalue weighted by Crippen LogP contribution is 2.38. The average molecular weight is 496 g/mol. The van der Waals surface area contributed by atoms with Gasteiger partial charge in [-0.25, -0.2) is 0 Å². The van der Waals surface area contributed by atoms with Gasteiger partial charge in [-0.1, -0.05) is 103 Å². The third-order valence-electron chi connectivity index (χ3n) is 7.91. The van der Waals surface area contributed by atoms with Crippen LogP contribution in [0, 0.1) is 0 Å². The van der Waals surface area contributed by atoms with E-state index in [9.17, 15) is 0 Å². The molecule has 1 nitrogen and oxygen atoms in total. The maximum Gasteiger partial charge on any atom is 0.0547 e. The molecule has 0 aliphatic carbocycles. The lowest BCUT2D eigenvalue weighted by atomic mass is 9.98. The monoisotopic (exact) mass is 495 g/mol. The zero-order chi connectivity index (χ0) is 25.8. The third-order valence-corrected chi connectivity index (χ3v) is 7.91. The van der Waals surface area contributed by atoms with E-state index in [1.54, 1.807) is 0 Å². The Morgan fingerprint density at radius 1 is 0.308 bits per heavy atom. The van der Waals surface area contributed by atoms with Gasteiger partial charge in [0.1, 0.15) is 0 Å². The summed E-state index contributed by atoms with van der Waals surface area (Å²) in [6.45, 7) is 0. The Morgan fingerprint density at radius 3 is 1.21 bits per heavy atom. The van der Waals surface area contributed by atoms with Crippen molar-refractivity contribution in [1.82, 2.24) is 4.57 Å². The van der Waals surface area contributed by atoms with E-state index in [2.05, 4.69) is 156 Å². The number of aromatic nitrogens is 1. The molecule has 0 aliphatic rings. The molecule has 0 spiro atoms. The first-order valence-electron chi connectivity index (χ1n) is 13.4. The van der Waals surface area contributed by atoms with Crippen LogP contribution in [0.1, 0.15) is 0 Å². The number of para-hydroxylation sites is 1. The first-order valence-corrected chi connectivity index (χ1v) is 13.4. The Balaban J connectivity index is 1.43. The SMILES string of the molecule is c1ccc(-c2ccc3cc4c(cc3c2)c2cc3cc(-c5ccccc5)ccc3cc2n4-c2ccccc2)cc1. The Morgan fingerprint density at radius 2 is 0.744 bits per heavy atom. The molecule has 0 saturated carbocycles. The average Bonchev–Trinajstić information content (AvgIpc) is 3.31. The summed E-state index contributed by atoms with van der Waals surface area (Å²) in [5.41, 5.74) is 8.61. The smallest absolute Gasteiger partial charge is 0.0547 e. The second kappa shape index (κ2) is 8.72. The minimum absolute atomic E-state index is 1.18. The summed E-state index contributed by atoms with van der Waals surface area (Å²) in [7, 11) is 0. The molecule has 0 radical (unpaired) electrons. The summed E-state index contributed by atoms with van der Waals surface area (Å²) in [5, 5.41) is 7.57. The second-order valence-corrected chi connectivity index (χ2v) is 10.3. The van der Waals surface area contributed by atoms with Crippen molar-refractivity contribution in [3.8, 4) is 27.9 Å². The molecule has 0 bridgehead atoms. The highest BCUT2D eigenvalue weighted by Gasteiger charge is 2.15. The topological polar surface area (TPSA) is 4.93 Å². The van der Waals surface area contributed by atoms with E-state index in [0.29, 0.717) is 0 Å². The Labute approximate surface area is 227 Å². The predicted octanol–water partition coefficient (Wildman–Crippen LogP) is 10.4. The maximum atomic E-state index is 2.42. The molecular weight excluding hydrogens is 470 g/mol. The molecule has 8 aromatic rings. The second-order valence-electron chi connectivity index (χ2n) is 10.3. The van der Waals surface area contributed by atoms with Crippen molar-refractivity contribution in [3.05, 3.63) is 152 Å². The molecular formula is C38H25N. The van der Waals surface area contributed by atoms with Gasteiger partial charge in [-0.2, -0.15) is 0 Å². The molecule has 8 rings (SSSR count). The van der Waals surface area contributed by atoms with Gasteiger partial charge in [0.05, 0.1) is 11.0 Å². The van der Waals surface area contributed by atoms with Crippen molar-refractivity contribution in [2.24, 2.45) is 0 Å². The predicted molar refractivity (Wildman–Crippen MR) is 167 cm³/mol. The van der Waals surface area contributed by atoms with Gasteiger partial charge >= 0.3 is 0 Å². The number of fused-ring (bicyclic) bond motifs is 5. The molecule has 1 heterocycles. The summed E-state index contributed by atoms with van der Waals surface area (Å²) < 4.78 is 2.42. The van der Waals surface area contributed by atoms with E-state index >= 15 is 0 Å². The molecule has 1 aromatic heterocycles. The summed E-state index contributed by atoms with van der Waals surface area (Å²) in [5.74, 6) is 0. The number of hydrogen-bond donors (Lipinski definition) is 0. The normalized spacial score (nSPS) is 11.6. The van der Waals surface area contributed by atoms with Crippen molar-refractivity contribution in [1.29, 1.82) is 0 Å². The van der Waals surface area contributed by atoms with Crippen LogP contribution in [0.4, 0.5) is 0 Å². The Hall–Kier alpha value is -5.14. The van der Waals surface area contributed by atoms with Crippen molar-refractivity contribution in [2.75, 3.05) is 0 Å². The van der Waals surface area contributed by atoms with Crippen LogP contribution in [0.3, 0.4) is 0 Å². The van der Waals surface area contributed by atoms with Crippen LogP contribution in [-0.2, 0) is 0 Å². The van der Waals surface area contributed by atoms with Crippen LogP contribution in [0.25, 0.3) is 71.3 Å². The van der Waals surface area contributed by atoms with Gasteiger partial charge in [0, 0.05) is 16.5 Å². The molecule has 182 valence electrons. The van der Waals surface area contributed by atoms with Crippen LogP contribution in [0.2, 0.25) is 0 Å². The summed E-state index contributed by atoms with van der Waals surface area (Å²) >= 11 is 0. The third kappa shape index (κ3) is 3.63. The highest BCUT2D eigenvalue weighted by molar-refractivity contribution is 6.17. The summed E-state index contributed by atoms with van der Waals surface area (Å²) in [6.07, 6.45) is 0. The van der Waals surface area contributed by atoms with Gasteiger partial charge in [-0.3, -0.25) is 0 Å². The largest absolute Gasteiger partial charge is 0.309 e. The Bertz CT molecular complexity index is 2000. The highest BCUT2D eigenvalue weighted by atomic mass is 15.0. The van der Waals surface area contributed by atoms with Crippen LogP contribution in [0.15, 0.2) is 152 Å². The van der Waals surface area contributed by atoms with Crippen LogP contribution < -0.4 is 0 Å². The summed E-state index contributed by atoms with van der Waals surface area (Å²) in [6, 6.07) is 55.1. The van der Waals surface area contributed by atoms with Gasteiger partial charge in [-0.05, 0) is 92.3 Å². The zero-order valence-corrected chi connectivity index (χ0v) is 21.4. The molecule has 0 N–H and O–H groups in total. The van der Waals surface area contributed by atoms with E-state index in [0.717, 1.165) is 0 Å². The minimum atomic E-state index is 1.18. The van der Waals surface area contributed by atoms with Gasteiger partial charge in [0.2, 0.25) is 0 Å². The minimum Gasteiger partial charge on any atom is -0.309 e. The fourth-order valence-electron chi connectivity index (χ4n) is 5.98. The van der Waals surface area contributed by atoms with Crippen LogP contribution in [0.5, 0.6) is 0 Å². The van der Waals surface area contributed by atoms with E-state index in [1.165, 1.54) is 71.3 Å². The maximum absolute atomic E-state index is 2.42. The number of benzene rings is 7. The lowest BCUT2D eigenvalue weighted by Gasteiger charge is -2.10. The summed E-state index contributed by atoms with van der Waals surface area (Å²) in [4.78, 5) is 0. The first kappa shape index (κ1) is 21.9. The molecule has 0 amide bonds. The number of hydrogen-bond acceptors (Lipinski definition) is 0. The van der Waals surface area contributed by atoms with E-state index < -0.39 is 0 Å². The van der Waals surface area contributed by atoms with Crippen molar-refractivity contribution in [3.63, 3.8) is 0 Å². The fraction of sp³-hybridized carbons (Fsp3) is 0. The van der Waals surface area contributed by atoms with Gasteiger partial charge < -0.3 is 4.57 Å². The molecule has 0 aliphatic heterocycles. The van der Waals surface area contributed by atoms with Crippen LogP contribution >= 0.6 is 0 Å². The Kier molecular flexibility index (Phi) is 4.89. The molecule has 7 aromatic carbocycles. The standard InChI is InChI=1S/C38H25N/c1-4-10-26(11-5-1)28-16-18-30-24-37-35(22-32(30)20-28)36-23-33-21-29(27-12-6-2-7-13-27)17-19-31(33)25-38(36)39(37)34-14-8-3-9-15-34/h1-25H. The van der Waals surface area contributed by atoms with E-state index in [1.807, 2.05) is 0 Å². The van der Waals surface area contributed by atoms with Crippen molar-refractivity contribution < 1.29 is 0 Å². The molecule has 0 saturated heterocycles. The number of rotatable bonds is 3. The quantitative estimate of drug-likeness (QED) is 0.230. The zero-order valence-electron chi connectivity index (χ0n) is 21.4. The lowest BCUT2D eigenvalue weighted by Crippen LogP contribution is -1.93. The molecule has 0 atom stereocenters. The molecule has 1 heteroatoms. The van der Waals surface area contributed by atoms with Crippen molar-refractivity contribution >= 4 is 43.4 Å². The van der Waals surface area contributed by atoms with Gasteiger partial charge in [0.25, 0.3) is 0 Å². The molecule has 0 unspecified atom stereocenters. The van der Waals surface area contributed by atoms with E-state index in [4.69, 9.17) is 0 Å². The van der Waals surface area contributed by atoms with Gasteiger partial charge in [-0.15, -0.1) is 0 Å². The molecule has 0 fully saturated rings. The fourth-order valence-corrected chi connectivity index (χ4v) is 5.98. The van der Waals surface area contributed by atoms with Crippen LogP contribution in [-0.4, -0.2) is 4.57 Å². The lowest BCUT2D eigenvalue weighted by molar-refractivity contribution is 1.18.